The second-order valence-corrected chi connectivity index (χ2v) is 8.57. The van der Waals surface area contributed by atoms with E-state index < -0.39 is 0 Å². The predicted octanol–water partition coefficient (Wildman–Crippen LogP) is 4.04. The summed E-state index contributed by atoms with van der Waals surface area (Å²) in [5.41, 5.74) is 1.49. The maximum absolute atomic E-state index is 4.61. The Kier molecular flexibility index (Phi) is 3.78. The van der Waals surface area contributed by atoms with E-state index in [1.165, 1.54) is 54.4 Å². The van der Waals surface area contributed by atoms with Crippen LogP contribution in [0.1, 0.15) is 48.4 Å². The summed E-state index contributed by atoms with van der Waals surface area (Å²) in [5.74, 6) is 1.13. The normalized spacial score (nSPS) is 17.5. The van der Waals surface area contributed by atoms with Crippen molar-refractivity contribution in [2.24, 2.45) is 0 Å². The third kappa shape index (κ3) is 2.45. The molecule has 4 heterocycles. The first-order valence-electron chi connectivity index (χ1n) is 8.75. The van der Waals surface area contributed by atoms with Crippen LogP contribution in [0.5, 0.6) is 0 Å². The SMILES string of the molecule is c1nc(Sc2nnc3n2CCCCC3)c2c3c(sc2n1)CCCC3. The van der Waals surface area contributed by atoms with Crippen molar-refractivity contribution in [1.29, 1.82) is 0 Å². The molecule has 0 saturated heterocycles. The smallest absolute Gasteiger partial charge is 0.197 e. The van der Waals surface area contributed by atoms with Gasteiger partial charge in [-0.15, -0.1) is 21.5 Å². The molecule has 0 bridgehead atoms. The molecule has 0 unspecified atom stereocenters. The minimum absolute atomic E-state index is 0.989. The molecule has 3 aromatic heterocycles. The second-order valence-electron chi connectivity index (χ2n) is 6.53. The monoisotopic (exact) mass is 357 g/mol. The van der Waals surface area contributed by atoms with Gasteiger partial charge in [0.15, 0.2) is 5.16 Å². The van der Waals surface area contributed by atoms with Gasteiger partial charge in [0, 0.05) is 23.2 Å². The van der Waals surface area contributed by atoms with Crippen LogP contribution in [0.2, 0.25) is 0 Å². The highest BCUT2D eigenvalue weighted by molar-refractivity contribution is 7.99. The van der Waals surface area contributed by atoms with E-state index in [9.17, 15) is 0 Å². The fourth-order valence-electron chi connectivity index (χ4n) is 3.76. The summed E-state index contributed by atoms with van der Waals surface area (Å²) in [6.07, 6.45) is 11.4. The van der Waals surface area contributed by atoms with Crippen molar-refractivity contribution < 1.29 is 0 Å². The average molecular weight is 358 g/mol. The first kappa shape index (κ1) is 14.8. The van der Waals surface area contributed by atoms with Crippen molar-refractivity contribution in [3.63, 3.8) is 0 Å². The van der Waals surface area contributed by atoms with Gasteiger partial charge < -0.3 is 4.57 Å². The second kappa shape index (κ2) is 6.11. The van der Waals surface area contributed by atoms with Gasteiger partial charge >= 0.3 is 0 Å². The Hall–Kier alpha value is -1.47. The molecule has 1 aliphatic carbocycles. The van der Waals surface area contributed by atoms with Gasteiger partial charge in [0.1, 0.15) is 22.0 Å². The molecule has 0 spiro atoms. The largest absolute Gasteiger partial charge is 0.306 e. The molecule has 0 aromatic carbocycles. The van der Waals surface area contributed by atoms with Crippen LogP contribution in [0.25, 0.3) is 10.2 Å². The Balaban J connectivity index is 1.58. The van der Waals surface area contributed by atoms with Gasteiger partial charge in [-0.05, 0) is 55.9 Å². The Morgan fingerprint density at radius 3 is 2.88 bits per heavy atom. The molecular formula is C17H19N5S2. The van der Waals surface area contributed by atoms with E-state index in [1.54, 1.807) is 18.1 Å². The summed E-state index contributed by atoms with van der Waals surface area (Å²) >= 11 is 3.52. The van der Waals surface area contributed by atoms with E-state index in [1.807, 2.05) is 11.3 Å². The number of aryl methyl sites for hydroxylation is 3. The highest BCUT2D eigenvalue weighted by Gasteiger charge is 2.22. The molecule has 5 rings (SSSR count). The lowest BCUT2D eigenvalue weighted by Crippen LogP contribution is -2.03. The van der Waals surface area contributed by atoms with Gasteiger partial charge in [0.05, 0.1) is 0 Å². The molecule has 5 nitrogen and oxygen atoms in total. The van der Waals surface area contributed by atoms with E-state index in [0.29, 0.717) is 0 Å². The number of aromatic nitrogens is 5. The van der Waals surface area contributed by atoms with Crippen LogP contribution in [0.15, 0.2) is 16.5 Å². The van der Waals surface area contributed by atoms with Crippen molar-refractivity contribution in [3.8, 4) is 0 Å². The molecule has 0 N–H and O–H groups in total. The minimum Gasteiger partial charge on any atom is -0.306 e. The minimum atomic E-state index is 0.989. The van der Waals surface area contributed by atoms with Crippen molar-refractivity contribution in [1.82, 2.24) is 24.7 Å². The van der Waals surface area contributed by atoms with Gasteiger partial charge in [-0.25, -0.2) is 9.97 Å². The Morgan fingerprint density at radius 2 is 1.88 bits per heavy atom. The van der Waals surface area contributed by atoms with Gasteiger partial charge in [-0.2, -0.15) is 0 Å². The molecule has 24 heavy (non-hydrogen) atoms. The van der Waals surface area contributed by atoms with E-state index in [-0.39, 0.29) is 0 Å². The van der Waals surface area contributed by atoms with Crippen LogP contribution >= 0.6 is 23.1 Å². The Morgan fingerprint density at radius 1 is 0.958 bits per heavy atom. The summed E-state index contributed by atoms with van der Waals surface area (Å²) < 4.78 is 2.30. The number of hydrogen-bond acceptors (Lipinski definition) is 6. The number of thiophene rings is 1. The molecule has 2 aliphatic rings. The van der Waals surface area contributed by atoms with E-state index in [2.05, 4.69) is 24.7 Å². The molecule has 0 fully saturated rings. The van der Waals surface area contributed by atoms with Crippen molar-refractivity contribution in [2.75, 3.05) is 0 Å². The highest BCUT2D eigenvalue weighted by Crippen LogP contribution is 2.40. The van der Waals surface area contributed by atoms with Gasteiger partial charge in [0.25, 0.3) is 0 Å². The van der Waals surface area contributed by atoms with Crippen molar-refractivity contribution in [2.45, 2.75) is 68.1 Å². The Labute approximate surface area is 148 Å². The van der Waals surface area contributed by atoms with Crippen LogP contribution < -0.4 is 0 Å². The maximum atomic E-state index is 4.61. The summed E-state index contributed by atoms with van der Waals surface area (Å²) in [5, 5.41) is 12.2. The molecular weight excluding hydrogens is 338 g/mol. The van der Waals surface area contributed by atoms with Crippen LogP contribution in [-0.4, -0.2) is 24.7 Å². The highest BCUT2D eigenvalue weighted by atomic mass is 32.2. The quantitative estimate of drug-likeness (QED) is 0.648. The number of hydrogen-bond donors (Lipinski definition) is 0. The lowest BCUT2D eigenvalue weighted by atomic mass is 9.97. The molecule has 1 aliphatic heterocycles. The standard InChI is InChI=1S/C17H19N5S2/c1-2-8-13-20-21-17(22(13)9-5-1)24-16-14-11-6-3-4-7-12(11)23-15(14)18-10-19-16/h10H,1-9H2. The first-order chi connectivity index (χ1) is 11.9. The van der Waals surface area contributed by atoms with Crippen LogP contribution in [-0.2, 0) is 25.8 Å². The lowest BCUT2D eigenvalue weighted by molar-refractivity contribution is 0.590. The third-order valence-corrected chi connectivity index (χ3v) is 7.17. The number of fused-ring (bicyclic) bond motifs is 4. The van der Waals surface area contributed by atoms with E-state index in [4.69, 9.17) is 0 Å². The molecule has 0 saturated carbocycles. The zero-order valence-corrected chi connectivity index (χ0v) is 15.1. The zero-order valence-electron chi connectivity index (χ0n) is 13.5. The fourth-order valence-corrected chi connectivity index (χ4v) is 6.04. The summed E-state index contributed by atoms with van der Waals surface area (Å²) in [4.78, 5) is 11.8. The summed E-state index contributed by atoms with van der Waals surface area (Å²) in [6, 6.07) is 0. The molecule has 0 radical (unpaired) electrons. The number of rotatable bonds is 2. The predicted molar refractivity (Wildman–Crippen MR) is 95.8 cm³/mol. The lowest BCUT2D eigenvalue weighted by Gasteiger charge is -2.11. The molecule has 0 atom stereocenters. The summed E-state index contributed by atoms with van der Waals surface area (Å²) in [6.45, 7) is 1.03. The number of nitrogens with zero attached hydrogens (tertiary/aromatic N) is 5. The molecule has 124 valence electrons. The summed E-state index contributed by atoms with van der Waals surface area (Å²) in [7, 11) is 0. The van der Waals surface area contributed by atoms with Gasteiger partial charge in [-0.1, -0.05) is 6.42 Å². The molecule has 7 heteroatoms. The first-order valence-corrected chi connectivity index (χ1v) is 10.4. The van der Waals surface area contributed by atoms with Gasteiger partial charge in [-0.3, -0.25) is 0 Å². The average Bonchev–Trinajstić information content (AvgIpc) is 3.08. The van der Waals surface area contributed by atoms with Crippen LogP contribution in [0.4, 0.5) is 0 Å². The van der Waals surface area contributed by atoms with Crippen LogP contribution in [0, 0.1) is 0 Å². The van der Waals surface area contributed by atoms with E-state index >= 15 is 0 Å². The van der Waals surface area contributed by atoms with E-state index in [0.717, 1.165) is 40.2 Å². The molecule has 3 aromatic rings. The maximum Gasteiger partial charge on any atom is 0.197 e. The third-order valence-electron chi connectivity index (χ3n) is 4.98. The molecule has 0 amide bonds. The van der Waals surface area contributed by atoms with Crippen molar-refractivity contribution >= 4 is 33.3 Å². The van der Waals surface area contributed by atoms with Crippen LogP contribution in [0.3, 0.4) is 0 Å². The zero-order chi connectivity index (χ0) is 15.9. The topological polar surface area (TPSA) is 56.5 Å². The fraction of sp³-hybridized carbons (Fsp3) is 0.529. The Bertz CT molecular complexity index is 898. The van der Waals surface area contributed by atoms with Crippen molar-refractivity contribution in [3.05, 3.63) is 22.6 Å². The van der Waals surface area contributed by atoms with Gasteiger partial charge in [0.2, 0.25) is 0 Å².